The molecule has 0 bridgehead atoms. The maximum Gasteiger partial charge on any atom is 0.315 e. The van der Waals surface area contributed by atoms with E-state index in [1.807, 2.05) is 0 Å². The molecule has 1 aliphatic carbocycles. The highest BCUT2D eigenvalue weighted by molar-refractivity contribution is 7.89. The normalized spacial score (nSPS) is 22.4. The highest BCUT2D eigenvalue weighted by Crippen LogP contribution is 2.25. The van der Waals surface area contributed by atoms with Crippen LogP contribution in [0.5, 0.6) is 0 Å². The molecule has 0 aromatic heterocycles. The molecule has 1 rings (SSSR count). The summed E-state index contributed by atoms with van der Waals surface area (Å²) in [6.07, 6.45) is 1.94. The summed E-state index contributed by atoms with van der Waals surface area (Å²) < 4.78 is 25.0. The van der Waals surface area contributed by atoms with Crippen molar-refractivity contribution in [1.82, 2.24) is 15.4 Å². The molecule has 9 heteroatoms. The third kappa shape index (κ3) is 5.33. The van der Waals surface area contributed by atoms with Gasteiger partial charge < -0.3 is 15.7 Å². The predicted octanol–water partition coefficient (Wildman–Crippen LogP) is -0.522. The number of urea groups is 1. The van der Waals surface area contributed by atoms with E-state index >= 15 is 0 Å². The van der Waals surface area contributed by atoms with Crippen molar-refractivity contribution in [2.24, 2.45) is 5.92 Å². The molecular formula is C11H21N3O5S. The smallest absolute Gasteiger partial charge is 0.315 e. The molecule has 0 aromatic rings. The van der Waals surface area contributed by atoms with Gasteiger partial charge in [-0.1, -0.05) is 13.3 Å². The zero-order valence-electron chi connectivity index (χ0n) is 11.4. The molecule has 2 atom stereocenters. The van der Waals surface area contributed by atoms with Gasteiger partial charge in [0, 0.05) is 19.1 Å². The molecule has 0 aromatic carbocycles. The number of carboxylic acids is 1. The van der Waals surface area contributed by atoms with Crippen molar-refractivity contribution in [1.29, 1.82) is 0 Å². The average Bonchev–Trinajstić information content (AvgIpc) is 2.76. The van der Waals surface area contributed by atoms with Crippen LogP contribution < -0.4 is 15.4 Å². The lowest BCUT2D eigenvalue weighted by molar-refractivity contribution is -0.142. The minimum Gasteiger partial charge on any atom is -0.481 e. The predicted molar refractivity (Wildman–Crippen MR) is 72.8 cm³/mol. The van der Waals surface area contributed by atoms with E-state index in [0.717, 1.165) is 6.42 Å². The van der Waals surface area contributed by atoms with Crippen LogP contribution in [0, 0.1) is 5.92 Å². The quantitative estimate of drug-likeness (QED) is 0.503. The Hall–Kier alpha value is -1.35. The summed E-state index contributed by atoms with van der Waals surface area (Å²) in [5.74, 6) is -1.69. The van der Waals surface area contributed by atoms with Crippen LogP contribution in [0.2, 0.25) is 0 Å². The fourth-order valence-corrected chi connectivity index (χ4v) is 3.19. The second-order valence-electron chi connectivity index (χ2n) is 4.70. The van der Waals surface area contributed by atoms with E-state index in [0.29, 0.717) is 19.4 Å². The van der Waals surface area contributed by atoms with Gasteiger partial charge in [0.15, 0.2) is 0 Å². The molecule has 20 heavy (non-hydrogen) atoms. The average molecular weight is 307 g/mol. The van der Waals surface area contributed by atoms with Gasteiger partial charge in [-0.15, -0.1) is 0 Å². The lowest BCUT2D eigenvalue weighted by Crippen LogP contribution is -2.46. The summed E-state index contributed by atoms with van der Waals surface area (Å²) in [5, 5.41) is 14.0. The summed E-state index contributed by atoms with van der Waals surface area (Å²) in [7, 11) is -3.37. The van der Waals surface area contributed by atoms with Gasteiger partial charge in [-0.05, 0) is 12.8 Å². The van der Waals surface area contributed by atoms with Gasteiger partial charge in [-0.25, -0.2) is 17.9 Å². The number of aliphatic carboxylic acids is 1. The van der Waals surface area contributed by atoms with Crippen molar-refractivity contribution in [3.05, 3.63) is 0 Å². The zero-order valence-corrected chi connectivity index (χ0v) is 12.2. The van der Waals surface area contributed by atoms with E-state index in [-0.39, 0.29) is 12.3 Å². The molecule has 0 radical (unpaired) electrons. The molecule has 4 N–H and O–H groups in total. The van der Waals surface area contributed by atoms with Crippen LogP contribution in [-0.4, -0.2) is 50.4 Å². The Labute approximate surface area is 118 Å². The summed E-state index contributed by atoms with van der Waals surface area (Å²) >= 11 is 0. The first-order valence-corrected chi connectivity index (χ1v) is 8.25. The number of carbonyl (C=O) groups excluding carboxylic acids is 1. The number of rotatable bonds is 7. The lowest BCUT2D eigenvalue weighted by Gasteiger charge is -2.17. The van der Waals surface area contributed by atoms with Crippen molar-refractivity contribution in [3.63, 3.8) is 0 Å². The van der Waals surface area contributed by atoms with Gasteiger partial charge in [0.25, 0.3) is 0 Å². The minimum absolute atomic E-state index is 0.0222. The molecule has 2 amide bonds. The molecule has 8 nitrogen and oxygen atoms in total. The molecule has 0 aliphatic heterocycles. The molecule has 1 aliphatic rings. The van der Waals surface area contributed by atoms with Crippen molar-refractivity contribution < 1.29 is 23.1 Å². The number of amides is 2. The molecule has 1 saturated carbocycles. The van der Waals surface area contributed by atoms with Crippen LogP contribution in [0.3, 0.4) is 0 Å². The van der Waals surface area contributed by atoms with E-state index in [2.05, 4.69) is 15.4 Å². The standard InChI is InChI=1S/C11H21N3O5S/c1-2-13-20(18,19)7-6-12-11(17)14-9-5-3-4-8(9)10(15)16/h8-9,13H,2-7H2,1H3,(H,15,16)(H2,12,14,17). The van der Waals surface area contributed by atoms with E-state index in [9.17, 15) is 18.0 Å². The molecule has 0 heterocycles. The van der Waals surface area contributed by atoms with Crippen molar-refractivity contribution in [2.45, 2.75) is 32.2 Å². The van der Waals surface area contributed by atoms with Gasteiger partial charge in [0.2, 0.25) is 10.0 Å². The fourth-order valence-electron chi connectivity index (χ4n) is 2.24. The third-order valence-electron chi connectivity index (χ3n) is 3.17. The maximum atomic E-state index is 11.6. The summed E-state index contributed by atoms with van der Waals surface area (Å²) in [6, 6.07) is -0.923. The second kappa shape index (κ2) is 7.44. The Morgan fingerprint density at radius 3 is 2.60 bits per heavy atom. The summed E-state index contributed by atoms with van der Waals surface area (Å²) in [4.78, 5) is 22.5. The van der Waals surface area contributed by atoms with Crippen molar-refractivity contribution in [2.75, 3.05) is 18.8 Å². The van der Waals surface area contributed by atoms with Crippen LogP contribution in [-0.2, 0) is 14.8 Å². The van der Waals surface area contributed by atoms with E-state index < -0.39 is 34.0 Å². The van der Waals surface area contributed by atoms with Crippen molar-refractivity contribution in [3.8, 4) is 0 Å². The first-order valence-electron chi connectivity index (χ1n) is 6.60. The SMILES string of the molecule is CCNS(=O)(=O)CCNC(=O)NC1CCCC1C(=O)O. The molecule has 0 spiro atoms. The van der Waals surface area contributed by atoms with Gasteiger partial charge in [-0.2, -0.15) is 0 Å². The first kappa shape index (κ1) is 16.7. The zero-order chi connectivity index (χ0) is 15.2. The molecular weight excluding hydrogens is 286 g/mol. The number of nitrogens with one attached hydrogen (secondary N) is 3. The maximum absolute atomic E-state index is 11.6. The number of carboxylic acid groups (broad SMARTS) is 1. The van der Waals surface area contributed by atoms with E-state index in [1.54, 1.807) is 6.92 Å². The topological polar surface area (TPSA) is 125 Å². The number of sulfonamides is 1. The first-order chi connectivity index (χ1) is 9.35. The highest BCUT2D eigenvalue weighted by atomic mass is 32.2. The van der Waals surface area contributed by atoms with Crippen molar-refractivity contribution >= 4 is 22.0 Å². The Kier molecular flexibility index (Phi) is 6.21. The van der Waals surface area contributed by atoms with Crippen LogP contribution in [0.15, 0.2) is 0 Å². The Morgan fingerprint density at radius 1 is 1.30 bits per heavy atom. The molecule has 2 unspecified atom stereocenters. The van der Waals surface area contributed by atoms with Crippen LogP contribution in [0.25, 0.3) is 0 Å². The van der Waals surface area contributed by atoms with Gasteiger partial charge in [0.1, 0.15) is 0 Å². The Morgan fingerprint density at radius 2 is 2.00 bits per heavy atom. The Balaban J connectivity index is 2.32. The second-order valence-corrected chi connectivity index (χ2v) is 6.63. The third-order valence-corrected chi connectivity index (χ3v) is 4.64. The van der Waals surface area contributed by atoms with Gasteiger partial charge in [0.05, 0.1) is 11.7 Å². The molecule has 1 fully saturated rings. The number of hydrogen-bond acceptors (Lipinski definition) is 4. The summed E-state index contributed by atoms with van der Waals surface area (Å²) in [5.41, 5.74) is 0. The van der Waals surface area contributed by atoms with E-state index in [4.69, 9.17) is 5.11 Å². The minimum atomic E-state index is -3.37. The lowest BCUT2D eigenvalue weighted by atomic mass is 10.0. The highest BCUT2D eigenvalue weighted by Gasteiger charge is 2.33. The van der Waals surface area contributed by atoms with Gasteiger partial charge >= 0.3 is 12.0 Å². The summed E-state index contributed by atoms with van der Waals surface area (Å²) in [6.45, 7) is 1.95. The Bertz CT molecular complexity index is 451. The molecule has 0 saturated heterocycles. The monoisotopic (exact) mass is 307 g/mol. The van der Waals surface area contributed by atoms with Crippen LogP contribution in [0.4, 0.5) is 4.79 Å². The van der Waals surface area contributed by atoms with Gasteiger partial charge in [-0.3, -0.25) is 4.79 Å². The number of hydrogen-bond donors (Lipinski definition) is 4. The van der Waals surface area contributed by atoms with E-state index in [1.165, 1.54) is 0 Å². The van der Waals surface area contributed by atoms with Crippen LogP contribution in [0.1, 0.15) is 26.2 Å². The fraction of sp³-hybridized carbons (Fsp3) is 0.818. The number of carbonyl (C=O) groups is 2. The largest absolute Gasteiger partial charge is 0.481 e. The van der Waals surface area contributed by atoms with Crippen LogP contribution >= 0.6 is 0 Å². The molecule has 116 valence electrons.